The maximum absolute atomic E-state index is 4.64. The van der Waals surface area contributed by atoms with Crippen molar-refractivity contribution in [1.29, 1.82) is 0 Å². The minimum atomic E-state index is 0.666. The number of hydrogen-bond acceptors (Lipinski definition) is 5. The van der Waals surface area contributed by atoms with Crippen molar-refractivity contribution in [2.24, 2.45) is 4.99 Å². The van der Waals surface area contributed by atoms with Crippen molar-refractivity contribution < 1.29 is 0 Å². The van der Waals surface area contributed by atoms with Gasteiger partial charge in [0.2, 0.25) is 5.96 Å². The molecule has 2 aromatic heterocycles. The summed E-state index contributed by atoms with van der Waals surface area (Å²) in [5, 5.41) is 8.26. The summed E-state index contributed by atoms with van der Waals surface area (Å²) in [6.45, 7) is 6.86. The fourth-order valence-electron chi connectivity index (χ4n) is 2.64. The molecule has 4 aromatic rings. The molecule has 0 spiro atoms. The smallest absolute Gasteiger partial charge is 0.203 e. The molecule has 0 saturated carbocycles. The van der Waals surface area contributed by atoms with Crippen LogP contribution in [0.5, 0.6) is 0 Å². The Morgan fingerprint density at radius 3 is 1.85 bits per heavy atom. The summed E-state index contributed by atoms with van der Waals surface area (Å²) < 4.78 is 2.33. The standard InChI is InChI=1S/C19H19N5S2/c1-4-20-17(23-18-21-13-7-5-11(2)9-15(13)25-18)24-19-22-14-8-6-12(3)10-16(14)26-19/h5-10H,4H2,1-3H3,(H2,20,21,22,23,24). The zero-order valence-electron chi connectivity index (χ0n) is 14.8. The molecule has 0 aliphatic carbocycles. The maximum atomic E-state index is 4.64. The molecule has 4 rings (SSSR count). The summed E-state index contributed by atoms with van der Waals surface area (Å²) >= 11 is 3.25. The molecule has 0 bridgehead atoms. The van der Waals surface area contributed by atoms with Gasteiger partial charge in [0.15, 0.2) is 10.3 Å². The number of nitrogens with one attached hydrogen (secondary N) is 2. The number of aromatic nitrogens is 2. The number of nitrogens with zero attached hydrogens (tertiary/aromatic N) is 3. The lowest BCUT2D eigenvalue weighted by Gasteiger charge is -2.07. The minimum absolute atomic E-state index is 0.666. The molecule has 2 N–H and O–H groups in total. The minimum Gasteiger partial charge on any atom is -0.302 e. The van der Waals surface area contributed by atoms with Gasteiger partial charge in [0, 0.05) is 6.54 Å². The third kappa shape index (κ3) is 3.54. The summed E-state index contributed by atoms with van der Waals surface area (Å²) in [5.41, 5.74) is 4.46. The first-order valence-corrected chi connectivity index (χ1v) is 10.1. The largest absolute Gasteiger partial charge is 0.302 e. The van der Waals surface area contributed by atoms with Crippen LogP contribution in [0, 0.1) is 13.8 Å². The molecule has 2 heterocycles. The summed E-state index contributed by atoms with van der Waals surface area (Å²) in [6, 6.07) is 12.6. The van der Waals surface area contributed by atoms with Gasteiger partial charge in [-0.15, -0.1) is 0 Å². The number of aliphatic imine (C=N–C) groups is 1. The van der Waals surface area contributed by atoms with Crippen LogP contribution < -0.4 is 10.6 Å². The fraction of sp³-hybridized carbons (Fsp3) is 0.211. The van der Waals surface area contributed by atoms with Gasteiger partial charge in [-0.3, -0.25) is 4.99 Å². The van der Waals surface area contributed by atoms with E-state index in [4.69, 9.17) is 0 Å². The molecule has 0 radical (unpaired) electrons. The van der Waals surface area contributed by atoms with E-state index in [2.05, 4.69) is 63.7 Å². The SMILES string of the molecule is CCN=C(Nc1nc2ccc(C)cc2s1)Nc1nc2ccc(C)cc2s1. The molecule has 0 aliphatic rings. The van der Waals surface area contributed by atoms with Gasteiger partial charge < -0.3 is 10.6 Å². The average molecular weight is 382 g/mol. The van der Waals surface area contributed by atoms with Crippen LogP contribution in [0.4, 0.5) is 10.3 Å². The maximum Gasteiger partial charge on any atom is 0.203 e. The molecule has 5 nitrogen and oxygen atoms in total. The van der Waals surface area contributed by atoms with Gasteiger partial charge in [-0.2, -0.15) is 0 Å². The van der Waals surface area contributed by atoms with Gasteiger partial charge >= 0.3 is 0 Å². The Bertz CT molecular complexity index is 1030. The number of benzene rings is 2. The summed E-state index contributed by atoms with van der Waals surface area (Å²) in [5.74, 6) is 0.666. The predicted molar refractivity (Wildman–Crippen MR) is 114 cm³/mol. The molecule has 0 unspecified atom stereocenters. The van der Waals surface area contributed by atoms with Crippen molar-refractivity contribution >= 4 is 59.3 Å². The first-order chi connectivity index (χ1) is 12.6. The zero-order chi connectivity index (χ0) is 18.1. The molecule has 7 heteroatoms. The van der Waals surface area contributed by atoms with Crippen LogP contribution in [0.25, 0.3) is 20.4 Å². The second-order valence-electron chi connectivity index (χ2n) is 6.05. The Morgan fingerprint density at radius 1 is 0.885 bits per heavy atom. The molecule has 2 aromatic carbocycles. The van der Waals surface area contributed by atoms with E-state index in [1.165, 1.54) is 20.5 Å². The molecule has 0 saturated heterocycles. The lowest BCUT2D eigenvalue weighted by molar-refractivity contribution is 1.12. The Hall–Kier alpha value is -2.51. The van der Waals surface area contributed by atoms with E-state index in [0.717, 1.165) is 21.3 Å². The zero-order valence-corrected chi connectivity index (χ0v) is 16.5. The summed E-state index contributed by atoms with van der Waals surface area (Å²) in [4.78, 5) is 13.8. The van der Waals surface area contributed by atoms with Crippen LogP contribution in [0.3, 0.4) is 0 Å². The lowest BCUT2D eigenvalue weighted by atomic mass is 10.2. The van der Waals surface area contributed by atoms with Crippen LogP contribution in [-0.4, -0.2) is 22.5 Å². The van der Waals surface area contributed by atoms with Crippen LogP contribution in [0.2, 0.25) is 0 Å². The van der Waals surface area contributed by atoms with Crippen LogP contribution in [0.1, 0.15) is 18.1 Å². The van der Waals surface area contributed by atoms with E-state index < -0.39 is 0 Å². The van der Waals surface area contributed by atoms with Gasteiger partial charge in [-0.05, 0) is 56.2 Å². The molecule has 0 fully saturated rings. The van der Waals surface area contributed by atoms with Crippen molar-refractivity contribution in [1.82, 2.24) is 9.97 Å². The second-order valence-corrected chi connectivity index (χ2v) is 8.11. The van der Waals surface area contributed by atoms with Gasteiger partial charge in [-0.1, -0.05) is 34.8 Å². The van der Waals surface area contributed by atoms with Gasteiger partial charge in [0.25, 0.3) is 0 Å². The predicted octanol–water partition coefficient (Wildman–Crippen LogP) is 5.42. The summed E-state index contributed by atoms with van der Waals surface area (Å²) in [6.07, 6.45) is 0. The quantitative estimate of drug-likeness (QED) is 0.367. The van der Waals surface area contributed by atoms with Crippen LogP contribution in [0.15, 0.2) is 41.4 Å². The van der Waals surface area contributed by atoms with E-state index in [-0.39, 0.29) is 0 Å². The molecule has 132 valence electrons. The third-order valence-corrected chi connectivity index (χ3v) is 5.72. The second kappa shape index (κ2) is 7.01. The van der Waals surface area contributed by atoms with E-state index in [9.17, 15) is 0 Å². The highest BCUT2D eigenvalue weighted by Gasteiger charge is 2.10. The number of thiazole rings is 2. The lowest BCUT2D eigenvalue weighted by Crippen LogP contribution is -2.22. The number of fused-ring (bicyclic) bond motifs is 2. The van der Waals surface area contributed by atoms with E-state index in [0.29, 0.717) is 12.5 Å². The third-order valence-electron chi connectivity index (χ3n) is 3.85. The van der Waals surface area contributed by atoms with Crippen molar-refractivity contribution in [2.75, 3.05) is 17.2 Å². The molecule has 0 amide bonds. The number of hydrogen-bond donors (Lipinski definition) is 2. The average Bonchev–Trinajstić information content (AvgIpc) is 3.16. The Balaban J connectivity index is 1.59. The van der Waals surface area contributed by atoms with Crippen molar-refractivity contribution in [3.05, 3.63) is 47.5 Å². The van der Waals surface area contributed by atoms with E-state index in [1.54, 1.807) is 22.7 Å². The van der Waals surface area contributed by atoms with Gasteiger partial charge in [0.1, 0.15) is 0 Å². The van der Waals surface area contributed by atoms with Crippen LogP contribution >= 0.6 is 22.7 Å². The highest BCUT2D eigenvalue weighted by atomic mass is 32.1. The topological polar surface area (TPSA) is 62.2 Å². The normalized spacial score (nSPS) is 11.0. The number of rotatable bonds is 3. The van der Waals surface area contributed by atoms with E-state index >= 15 is 0 Å². The number of anilines is 2. The fourth-order valence-corrected chi connectivity index (χ4v) is 4.57. The molecular formula is C19H19N5S2. The Kier molecular flexibility index (Phi) is 4.57. The molecular weight excluding hydrogens is 362 g/mol. The molecule has 0 aliphatic heterocycles. The number of guanidine groups is 1. The molecule has 0 atom stereocenters. The number of aryl methyl sites for hydroxylation is 2. The highest BCUT2D eigenvalue weighted by Crippen LogP contribution is 2.28. The van der Waals surface area contributed by atoms with Crippen molar-refractivity contribution in [2.45, 2.75) is 20.8 Å². The first kappa shape index (κ1) is 16.9. The van der Waals surface area contributed by atoms with Gasteiger partial charge in [-0.25, -0.2) is 9.97 Å². The Morgan fingerprint density at radius 2 is 1.38 bits per heavy atom. The van der Waals surface area contributed by atoms with Crippen molar-refractivity contribution in [3.63, 3.8) is 0 Å². The monoisotopic (exact) mass is 381 g/mol. The van der Waals surface area contributed by atoms with E-state index in [1.807, 2.05) is 19.1 Å². The van der Waals surface area contributed by atoms with Crippen LogP contribution in [-0.2, 0) is 0 Å². The highest BCUT2D eigenvalue weighted by molar-refractivity contribution is 7.23. The van der Waals surface area contributed by atoms with Gasteiger partial charge in [0.05, 0.1) is 20.4 Å². The first-order valence-electron chi connectivity index (χ1n) is 8.43. The Labute approximate surface area is 159 Å². The van der Waals surface area contributed by atoms with Crippen molar-refractivity contribution in [3.8, 4) is 0 Å². The summed E-state index contributed by atoms with van der Waals surface area (Å²) in [7, 11) is 0. The molecule has 26 heavy (non-hydrogen) atoms.